The van der Waals surface area contributed by atoms with Gasteiger partial charge in [0.2, 0.25) is 0 Å². The van der Waals surface area contributed by atoms with Gasteiger partial charge in [0.1, 0.15) is 17.9 Å². The van der Waals surface area contributed by atoms with Gasteiger partial charge in [-0.1, -0.05) is 0 Å². The van der Waals surface area contributed by atoms with Crippen LogP contribution < -0.4 is 5.46 Å². The number of hydrogen-bond acceptors (Lipinski definition) is 3. The van der Waals surface area contributed by atoms with Crippen molar-refractivity contribution in [1.29, 1.82) is 0 Å². The summed E-state index contributed by atoms with van der Waals surface area (Å²) in [6.45, 7) is 0. The fraction of sp³-hybridized carbons (Fsp3) is 0. The topological polar surface area (TPSA) is 57.5 Å². The lowest BCUT2D eigenvalue weighted by atomic mass is 9.79. The van der Waals surface area contributed by atoms with Crippen LogP contribution in [0.2, 0.25) is 0 Å². The quantitative estimate of drug-likeness (QED) is 0.481. The van der Waals surface area contributed by atoms with Gasteiger partial charge >= 0.3 is 7.12 Å². The Bertz CT molecular complexity index is 318. The summed E-state index contributed by atoms with van der Waals surface area (Å²) >= 11 is 0. The van der Waals surface area contributed by atoms with Crippen LogP contribution in [0, 0.1) is 11.6 Å². The van der Waals surface area contributed by atoms with Crippen molar-refractivity contribution in [2.45, 2.75) is 0 Å². The lowest BCUT2D eigenvalue weighted by molar-refractivity contribution is 0.112. The summed E-state index contributed by atoms with van der Waals surface area (Å²) in [5.41, 5.74) is -1.05. The molecule has 13 heavy (non-hydrogen) atoms. The minimum Gasteiger partial charge on any atom is -0.423 e. The lowest BCUT2D eigenvalue weighted by Crippen LogP contribution is -2.35. The number of carbonyl (C=O) groups is 1. The number of aldehydes is 1. The van der Waals surface area contributed by atoms with E-state index in [0.29, 0.717) is 0 Å². The Kier molecular flexibility index (Phi) is 2.74. The zero-order valence-electron chi connectivity index (χ0n) is 6.37. The van der Waals surface area contributed by atoms with Gasteiger partial charge in [-0.15, -0.1) is 0 Å². The van der Waals surface area contributed by atoms with Crippen LogP contribution in [-0.4, -0.2) is 23.5 Å². The van der Waals surface area contributed by atoms with E-state index in [1.807, 2.05) is 0 Å². The molecule has 0 fully saturated rings. The molecule has 0 saturated heterocycles. The fourth-order valence-corrected chi connectivity index (χ4v) is 0.919. The highest BCUT2D eigenvalue weighted by molar-refractivity contribution is 6.58. The second-order valence-electron chi connectivity index (χ2n) is 2.39. The molecule has 0 aliphatic heterocycles. The van der Waals surface area contributed by atoms with Crippen molar-refractivity contribution in [2.24, 2.45) is 0 Å². The van der Waals surface area contributed by atoms with E-state index in [2.05, 4.69) is 0 Å². The summed E-state index contributed by atoms with van der Waals surface area (Å²) in [5, 5.41) is 17.1. The average molecular weight is 186 g/mol. The molecule has 0 unspecified atom stereocenters. The van der Waals surface area contributed by atoms with Gasteiger partial charge in [0.25, 0.3) is 0 Å². The predicted molar refractivity (Wildman–Crippen MR) is 41.6 cm³/mol. The normalized spacial score (nSPS) is 9.85. The Morgan fingerprint density at radius 1 is 1.23 bits per heavy atom. The summed E-state index contributed by atoms with van der Waals surface area (Å²) in [5.74, 6) is -2.31. The van der Waals surface area contributed by atoms with Crippen LogP contribution >= 0.6 is 0 Å². The van der Waals surface area contributed by atoms with Crippen LogP contribution in [0.3, 0.4) is 0 Å². The van der Waals surface area contributed by atoms with Gasteiger partial charge in [0.05, 0.1) is 5.46 Å². The average Bonchev–Trinajstić information content (AvgIpc) is 2.02. The highest BCUT2D eigenvalue weighted by Gasteiger charge is 2.22. The van der Waals surface area contributed by atoms with Crippen molar-refractivity contribution < 1.29 is 23.6 Å². The summed E-state index contributed by atoms with van der Waals surface area (Å²) < 4.78 is 25.7. The van der Waals surface area contributed by atoms with Crippen molar-refractivity contribution in [3.8, 4) is 0 Å². The van der Waals surface area contributed by atoms with Crippen LogP contribution in [0.25, 0.3) is 0 Å². The zero-order valence-corrected chi connectivity index (χ0v) is 6.37. The van der Waals surface area contributed by atoms with Crippen LogP contribution in [0.1, 0.15) is 10.4 Å². The molecule has 0 saturated carbocycles. The molecule has 1 rings (SSSR count). The van der Waals surface area contributed by atoms with Crippen LogP contribution in [0.15, 0.2) is 12.1 Å². The molecule has 0 radical (unpaired) electrons. The maximum Gasteiger partial charge on any atom is 0.494 e. The van der Waals surface area contributed by atoms with Crippen molar-refractivity contribution in [1.82, 2.24) is 0 Å². The van der Waals surface area contributed by atoms with E-state index < -0.39 is 24.2 Å². The van der Waals surface area contributed by atoms with Crippen LogP contribution in [-0.2, 0) is 0 Å². The first-order valence-electron chi connectivity index (χ1n) is 3.36. The van der Waals surface area contributed by atoms with Gasteiger partial charge in [0.15, 0.2) is 0 Å². The van der Waals surface area contributed by atoms with E-state index in [1.165, 1.54) is 0 Å². The van der Waals surface area contributed by atoms with Crippen molar-refractivity contribution in [3.63, 3.8) is 0 Å². The molecule has 1 aromatic carbocycles. The maximum absolute atomic E-state index is 12.8. The molecule has 1 aromatic rings. The third-order valence-corrected chi connectivity index (χ3v) is 1.50. The molecule has 6 heteroatoms. The Hall–Kier alpha value is -1.27. The van der Waals surface area contributed by atoms with Crippen LogP contribution in [0.4, 0.5) is 8.78 Å². The van der Waals surface area contributed by atoms with Gasteiger partial charge in [-0.25, -0.2) is 8.78 Å². The molecule has 2 N–H and O–H groups in total. The molecule has 3 nitrogen and oxygen atoms in total. The van der Waals surface area contributed by atoms with Crippen molar-refractivity contribution >= 4 is 18.9 Å². The number of halogens is 2. The molecule has 0 heterocycles. The van der Waals surface area contributed by atoms with E-state index in [0.717, 1.165) is 12.1 Å². The smallest absolute Gasteiger partial charge is 0.423 e. The van der Waals surface area contributed by atoms with Gasteiger partial charge in [-0.05, 0) is 12.1 Å². The SMILES string of the molecule is O=Cc1cc(F)c(B(O)O)c(F)c1. The largest absolute Gasteiger partial charge is 0.494 e. The maximum atomic E-state index is 12.8. The molecule has 0 atom stereocenters. The van der Waals surface area contributed by atoms with Crippen molar-refractivity contribution in [3.05, 3.63) is 29.3 Å². The number of hydrogen-bond donors (Lipinski definition) is 2. The number of rotatable bonds is 2. The summed E-state index contributed by atoms with van der Waals surface area (Å²) in [4.78, 5) is 10.1. The highest BCUT2D eigenvalue weighted by Crippen LogP contribution is 2.04. The number of benzene rings is 1. The second-order valence-corrected chi connectivity index (χ2v) is 2.39. The van der Waals surface area contributed by atoms with Gasteiger partial charge in [0, 0.05) is 5.56 Å². The summed E-state index contributed by atoms with van der Waals surface area (Å²) in [6.07, 6.45) is 0.264. The molecule has 0 amide bonds. The molecular formula is C7H5BF2O3. The number of carbonyl (C=O) groups excluding carboxylic acids is 1. The first-order valence-corrected chi connectivity index (χ1v) is 3.36. The lowest BCUT2D eigenvalue weighted by Gasteiger charge is -2.03. The Morgan fingerprint density at radius 3 is 2.00 bits per heavy atom. The molecule has 0 aliphatic carbocycles. The molecule has 0 bridgehead atoms. The molecular weight excluding hydrogens is 181 g/mol. The van der Waals surface area contributed by atoms with E-state index in [1.54, 1.807) is 0 Å². The van der Waals surface area contributed by atoms with Gasteiger partial charge < -0.3 is 10.0 Å². The summed E-state index contributed by atoms with van der Waals surface area (Å²) in [7, 11) is -2.22. The Morgan fingerprint density at radius 2 is 1.69 bits per heavy atom. The van der Waals surface area contributed by atoms with E-state index in [4.69, 9.17) is 10.0 Å². The fourth-order valence-electron chi connectivity index (χ4n) is 0.919. The van der Waals surface area contributed by atoms with Crippen LogP contribution in [0.5, 0.6) is 0 Å². The van der Waals surface area contributed by atoms with E-state index in [-0.39, 0.29) is 11.8 Å². The molecule has 0 aromatic heterocycles. The minimum absolute atomic E-state index is 0.195. The first-order chi connectivity index (χ1) is 6.06. The Balaban J connectivity index is 3.31. The minimum atomic E-state index is -2.22. The molecule has 68 valence electrons. The van der Waals surface area contributed by atoms with E-state index in [9.17, 15) is 13.6 Å². The molecule has 0 aliphatic rings. The third kappa shape index (κ3) is 1.91. The van der Waals surface area contributed by atoms with E-state index >= 15 is 0 Å². The predicted octanol–water partition coefficient (Wildman–Crippen LogP) is -0.543. The second kappa shape index (κ2) is 3.63. The zero-order chi connectivity index (χ0) is 10.0. The van der Waals surface area contributed by atoms with Crippen molar-refractivity contribution in [2.75, 3.05) is 0 Å². The molecule has 0 spiro atoms. The first kappa shape index (κ1) is 9.82. The standard InChI is InChI=1S/C7H5BF2O3/c9-5-1-4(3-11)2-6(10)7(5)8(12)13/h1-3,12-13H. The van der Waals surface area contributed by atoms with Gasteiger partial charge in [-0.2, -0.15) is 0 Å². The monoisotopic (exact) mass is 186 g/mol. The summed E-state index contributed by atoms with van der Waals surface area (Å²) in [6, 6.07) is 1.45. The third-order valence-electron chi connectivity index (χ3n) is 1.50. The highest BCUT2D eigenvalue weighted by atomic mass is 19.1. The van der Waals surface area contributed by atoms with Gasteiger partial charge in [-0.3, -0.25) is 4.79 Å². The Labute approximate surface area is 72.8 Å².